The molecule has 0 bridgehead atoms. The number of hydrogen-bond acceptors (Lipinski definition) is 6. The Kier molecular flexibility index (Phi) is 12.2. The second-order valence-corrected chi connectivity index (χ2v) is 2.36. The highest BCUT2D eigenvalue weighted by Gasteiger charge is 2.29. The molecule has 0 aliphatic rings. The highest BCUT2D eigenvalue weighted by molar-refractivity contribution is 5.56. The van der Waals surface area contributed by atoms with E-state index in [4.69, 9.17) is 25.5 Å². The quantitative estimate of drug-likeness (QED) is 0.286. The summed E-state index contributed by atoms with van der Waals surface area (Å²) in [5.74, 6) is 0. The van der Waals surface area contributed by atoms with Crippen LogP contribution in [0.25, 0.3) is 0 Å². The number of aliphatic hydroxyl groups is 5. The minimum atomic E-state index is -1.79. The minimum Gasteiger partial charge on any atom is -0.412 e. The predicted octanol–water partition coefficient (Wildman–Crippen LogP) is -5.03. The smallest absolute Gasteiger partial charge is 0.151 e. The van der Waals surface area contributed by atoms with Gasteiger partial charge >= 0.3 is 0 Å². The molecule has 0 radical (unpaired) electrons. The Bertz CT molecular complexity index is 140. The number of aliphatic hydroxyl groups excluding tert-OH is 5. The fourth-order valence-corrected chi connectivity index (χ4v) is 0.618. The van der Waals surface area contributed by atoms with Gasteiger partial charge in [-0.25, -0.2) is 0 Å². The third-order valence-corrected chi connectivity index (χ3v) is 1.42. The van der Waals surface area contributed by atoms with Gasteiger partial charge in [0.1, 0.15) is 24.4 Å². The molecule has 88 valence electrons. The lowest BCUT2D eigenvalue weighted by Gasteiger charge is -2.22. The Morgan fingerprint density at radius 1 is 1.00 bits per heavy atom. The van der Waals surface area contributed by atoms with Crippen LogP contribution in [0.5, 0.6) is 0 Å². The van der Waals surface area contributed by atoms with Gasteiger partial charge in [0.25, 0.3) is 0 Å². The van der Waals surface area contributed by atoms with E-state index in [0.717, 1.165) is 0 Å². The summed E-state index contributed by atoms with van der Waals surface area (Å²) in [7, 11) is 0. The molecule has 9 N–H and O–H groups in total. The Balaban J connectivity index is -0.000000605. The van der Waals surface area contributed by atoms with E-state index in [1.807, 2.05) is 0 Å². The van der Waals surface area contributed by atoms with Crippen LogP contribution in [0.2, 0.25) is 0 Å². The van der Waals surface area contributed by atoms with Crippen molar-refractivity contribution in [2.45, 2.75) is 24.4 Å². The topological polar surface area (TPSA) is 181 Å². The van der Waals surface area contributed by atoms with Crippen LogP contribution in [0, 0.1) is 0 Å². The maximum atomic E-state index is 9.90. The average molecular weight is 216 g/mol. The molecule has 0 aromatic heterocycles. The molecule has 8 heteroatoms. The van der Waals surface area contributed by atoms with Crippen molar-refractivity contribution in [2.75, 3.05) is 6.61 Å². The van der Waals surface area contributed by atoms with Crippen LogP contribution in [-0.4, -0.2) is 73.8 Å². The molecule has 0 saturated carbocycles. The molecule has 0 aromatic carbocycles. The first-order valence-electron chi connectivity index (χ1n) is 3.33. The van der Waals surface area contributed by atoms with Crippen molar-refractivity contribution >= 4 is 6.29 Å². The van der Waals surface area contributed by atoms with E-state index in [1.165, 1.54) is 0 Å². The molecule has 0 aromatic rings. The minimum absolute atomic E-state index is 0. The highest BCUT2D eigenvalue weighted by atomic mass is 16.4. The van der Waals surface area contributed by atoms with Gasteiger partial charge in [-0.1, -0.05) is 0 Å². The maximum absolute atomic E-state index is 9.90. The van der Waals surface area contributed by atoms with Crippen LogP contribution in [0.3, 0.4) is 0 Å². The van der Waals surface area contributed by atoms with Crippen LogP contribution in [0.4, 0.5) is 0 Å². The van der Waals surface area contributed by atoms with Crippen molar-refractivity contribution < 1.29 is 41.3 Å². The molecular weight excluding hydrogens is 200 g/mol. The van der Waals surface area contributed by atoms with E-state index in [9.17, 15) is 4.79 Å². The zero-order chi connectivity index (χ0) is 9.72. The molecule has 0 saturated heterocycles. The van der Waals surface area contributed by atoms with Crippen LogP contribution >= 0.6 is 0 Å². The van der Waals surface area contributed by atoms with Crippen molar-refractivity contribution in [1.82, 2.24) is 0 Å². The Morgan fingerprint density at radius 2 is 1.43 bits per heavy atom. The summed E-state index contributed by atoms with van der Waals surface area (Å²) in [4.78, 5) is 9.90. The fraction of sp³-hybridized carbons (Fsp3) is 0.833. The van der Waals surface area contributed by atoms with Crippen LogP contribution in [0.15, 0.2) is 0 Å². The summed E-state index contributed by atoms with van der Waals surface area (Å²) in [5.41, 5.74) is 0. The van der Waals surface area contributed by atoms with Crippen molar-refractivity contribution in [3.05, 3.63) is 0 Å². The van der Waals surface area contributed by atoms with Crippen molar-refractivity contribution in [2.24, 2.45) is 0 Å². The monoisotopic (exact) mass is 216 g/mol. The zero-order valence-electron chi connectivity index (χ0n) is 7.24. The van der Waals surface area contributed by atoms with Gasteiger partial charge in [-0.2, -0.15) is 0 Å². The normalized spacial score (nSPS) is 18.1. The zero-order valence-corrected chi connectivity index (χ0v) is 7.24. The van der Waals surface area contributed by atoms with Gasteiger partial charge in [-0.3, -0.25) is 0 Å². The van der Waals surface area contributed by atoms with Gasteiger partial charge in [0.15, 0.2) is 6.29 Å². The third kappa shape index (κ3) is 5.19. The number of hydrogen-bond donors (Lipinski definition) is 5. The molecule has 0 amide bonds. The van der Waals surface area contributed by atoms with Crippen molar-refractivity contribution in [3.8, 4) is 0 Å². The van der Waals surface area contributed by atoms with E-state index in [-0.39, 0.29) is 17.2 Å². The largest absolute Gasteiger partial charge is 0.412 e. The summed E-state index contributed by atoms with van der Waals surface area (Å²) < 4.78 is 0. The molecule has 0 aliphatic carbocycles. The van der Waals surface area contributed by atoms with E-state index in [1.54, 1.807) is 0 Å². The molecular formula is C6H16O8. The summed E-state index contributed by atoms with van der Waals surface area (Å²) in [6.07, 6.45) is -6.84. The third-order valence-electron chi connectivity index (χ3n) is 1.42. The Hall–Kier alpha value is -0.610. The molecule has 14 heavy (non-hydrogen) atoms. The summed E-state index contributed by atoms with van der Waals surface area (Å²) in [5, 5.41) is 43.5. The number of carbonyl (C=O) groups excluding carboxylic acids is 1. The molecule has 0 aliphatic heterocycles. The second-order valence-electron chi connectivity index (χ2n) is 2.36. The van der Waals surface area contributed by atoms with Crippen LogP contribution in [-0.2, 0) is 4.79 Å². The van der Waals surface area contributed by atoms with Crippen LogP contribution in [0.1, 0.15) is 0 Å². The predicted molar refractivity (Wildman–Crippen MR) is 44.4 cm³/mol. The van der Waals surface area contributed by atoms with E-state index < -0.39 is 31.0 Å². The fourth-order valence-electron chi connectivity index (χ4n) is 0.618. The lowest BCUT2D eigenvalue weighted by atomic mass is 10.0. The molecule has 0 heterocycles. The lowest BCUT2D eigenvalue weighted by molar-refractivity contribution is -0.136. The van der Waals surface area contributed by atoms with Gasteiger partial charge in [0, 0.05) is 0 Å². The molecule has 4 atom stereocenters. The standard InChI is InChI=1S/C6H12O6.2H2O/c7-1-3(9)5(11)6(12)4(10)2-8;;/h1,3-6,8-12H,2H2;2*1H2. The lowest BCUT2D eigenvalue weighted by Crippen LogP contribution is -2.46. The number of carbonyl (C=O) groups is 1. The Labute approximate surface area is 79.7 Å². The molecule has 0 rings (SSSR count). The van der Waals surface area contributed by atoms with Crippen LogP contribution < -0.4 is 0 Å². The number of rotatable bonds is 5. The van der Waals surface area contributed by atoms with E-state index in [0.29, 0.717) is 0 Å². The molecule has 0 fully saturated rings. The van der Waals surface area contributed by atoms with Gasteiger partial charge in [-0.15, -0.1) is 0 Å². The second kappa shape index (κ2) is 8.97. The summed E-state index contributed by atoms with van der Waals surface area (Å²) in [6.45, 7) is -0.760. The van der Waals surface area contributed by atoms with Gasteiger partial charge in [-0.05, 0) is 0 Å². The number of aldehydes is 1. The first-order chi connectivity index (χ1) is 5.54. The van der Waals surface area contributed by atoms with Crippen molar-refractivity contribution in [1.29, 1.82) is 0 Å². The van der Waals surface area contributed by atoms with Gasteiger partial charge in [0.2, 0.25) is 0 Å². The average Bonchev–Trinajstić information content (AvgIpc) is 2.12. The summed E-state index contributed by atoms with van der Waals surface area (Å²) in [6, 6.07) is 0. The Morgan fingerprint density at radius 3 is 1.71 bits per heavy atom. The first kappa shape index (κ1) is 19.0. The SMILES string of the molecule is O.O.O=CC(O)C(O)C(O)C(O)CO. The summed E-state index contributed by atoms with van der Waals surface area (Å²) >= 11 is 0. The van der Waals surface area contributed by atoms with E-state index >= 15 is 0 Å². The first-order valence-corrected chi connectivity index (χ1v) is 3.33. The molecule has 8 nitrogen and oxygen atoms in total. The van der Waals surface area contributed by atoms with Crippen molar-refractivity contribution in [3.63, 3.8) is 0 Å². The highest BCUT2D eigenvalue weighted by Crippen LogP contribution is 2.02. The molecule has 4 unspecified atom stereocenters. The maximum Gasteiger partial charge on any atom is 0.151 e. The van der Waals surface area contributed by atoms with Gasteiger partial charge in [0.05, 0.1) is 6.61 Å². The van der Waals surface area contributed by atoms with Gasteiger partial charge < -0.3 is 41.3 Å². The van der Waals surface area contributed by atoms with E-state index in [2.05, 4.69) is 0 Å². The molecule has 0 spiro atoms.